The van der Waals surface area contributed by atoms with Gasteiger partial charge in [-0.15, -0.1) is 0 Å². The number of nitrogens with one attached hydrogen (secondary N) is 2. The number of hydrogen-bond acceptors (Lipinski definition) is 6. The van der Waals surface area contributed by atoms with Gasteiger partial charge in [0.15, 0.2) is 5.69 Å². The Balaban J connectivity index is 1.67. The number of carbonyl (C=O) groups is 1. The number of morpholine rings is 1. The molecule has 1 atom stereocenters. The minimum Gasteiger partial charge on any atom is -0.381 e. The molecule has 2 heterocycles. The Morgan fingerprint density at radius 3 is 2.71 bits per heavy atom. The van der Waals surface area contributed by atoms with Gasteiger partial charge in [0.2, 0.25) is 5.43 Å². The Morgan fingerprint density at radius 2 is 2.00 bits per heavy atom. The van der Waals surface area contributed by atoms with Crippen molar-refractivity contribution in [3.05, 3.63) is 74.0 Å². The molecule has 1 fully saturated rings. The zero-order valence-electron chi connectivity index (χ0n) is 18.7. The van der Waals surface area contributed by atoms with Crippen LogP contribution in [0.5, 0.6) is 0 Å². The number of aliphatic hydroxyl groups is 1. The van der Waals surface area contributed by atoms with E-state index in [-0.39, 0.29) is 12.2 Å². The van der Waals surface area contributed by atoms with Crippen LogP contribution in [0.3, 0.4) is 0 Å². The molecule has 3 aromatic rings. The maximum absolute atomic E-state index is 13.3. The Bertz CT molecular complexity index is 1300. The number of H-pyrrole nitrogens is 1. The molecule has 1 aromatic heterocycles. The predicted octanol–water partition coefficient (Wildman–Crippen LogP) is 2.07. The van der Waals surface area contributed by atoms with Crippen LogP contribution < -0.4 is 10.7 Å². The lowest BCUT2D eigenvalue weighted by atomic mass is 10.0. The molecule has 1 saturated heterocycles. The summed E-state index contributed by atoms with van der Waals surface area (Å²) in [6.45, 7) is 5.31. The molecule has 9 heteroatoms. The van der Waals surface area contributed by atoms with Crippen LogP contribution in [0.1, 0.15) is 34.1 Å². The van der Waals surface area contributed by atoms with Crippen molar-refractivity contribution in [3.8, 4) is 11.8 Å². The molecule has 0 radical (unpaired) electrons. The third kappa shape index (κ3) is 5.82. The number of hydrogen-bond donors (Lipinski definition) is 3. The summed E-state index contributed by atoms with van der Waals surface area (Å²) in [7, 11) is 0. The average Bonchev–Trinajstić information content (AvgIpc) is 2.83. The van der Waals surface area contributed by atoms with Gasteiger partial charge >= 0.3 is 0 Å². The van der Waals surface area contributed by atoms with Gasteiger partial charge in [0.1, 0.15) is 6.10 Å². The molecule has 0 spiro atoms. The minimum absolute atomic E-state index is 0.223. The summed E-state index contributed by atoms with van der Waals surface area (Å²) in [5, 5.41) is 20.1. The Hall–Kier alpha value is -3.22. The lowest BCUT2D eigenvalue weighted by Crippen LogP contribution is -2.35. The number of nitrogens with zero attached hydrogens (tertiary/aromatic N) is 2. The van der Waals surface area contributed by atoms with Crippen LogP contribution in [0.4, 0.5) is 0 Å². The molecule has 1 aliphatic heterocycles. The van der Waals surface area contributed by atoms with Crippen LogP contribution >= 0.6 is 11.6 Å². The van der Waals surface area contributed by atoms with E-state index in [1.165, 1.54) is 0 Å². The normalized spacial score (nSPS) is 14.9. The van der Waals surface area contributed by atoms with Crippen LogP contribution in [0.15, 0.2) is 41.2 Å². The molecular weight excluding hydrogens is 456 g/mol. The van der Waals surface area contributed by atoms with Crippen molar-refractivity contribution in [2.45, 2.75) is 26.1 Å². The topological polar surface area (TPSA) is 108 Å². The van der Waals surface area contributed by atoms with Crippen LogP contribution in [0.2, 0.25) is 5.02 Å². The summed E-state index contributed by atoms with van der Waals surface area (Å²) in [5.74, 6) is 5.07. The maximum Gasteiger partial charge on any atom is 0.276 e. The number of rotatable bonds is 5. The molecule has 34 heavy (non-hydrogen) atoms. The minimum atomic E-state index is -0.824. The molecule has 176 valence electrons. The smallest absolute Gasteiger partial charge is 0.276 e. The second kappa shape index (κ2) is 10.8. The van der Waals surface area contributed by atoms with E-state index in [2.05, 4.69) is 32.3 Å². The molecule has 2 aromatic carbocycles. The van der Waals surface area contributed by atoms with Gasteiger partial charge in [-0.3, -0.25) is 19.6 Å². The predicted molar refractivity (Wildman–Crippen MR) is 130 cm³/mol. The fourth-order valence-corrected chi connectivity index (χ4v) is 3.83. The molecule has 0 saturated carbocycles. The van der Waals surface area contributed by atoms with Gasteiger partial charge in [-0.1, -0.05) is 35.6 Å². The van der Waals surface area contributed by atoms with Crippen LogP contribution in [0.25, 0.3) is 10.9 Å². The largest absolute Gasteiger partial charge is 0.381 e. The highest BCUT2D eigenvalue weighted by Crippen LogP contribution is 2.18. The Morgan fingerprint density at radius 1 is 1.26 bits per heavy atom. The van der Waals surface area contributed by atoms with E-state index in [4.69, 9.17) is 16.3 Å². The van der Waals surface area contributed by atoms with Gasteiger partial charge in [0.25, 0.3) is 5.91 Å². The summed E-state index contributed by atoms with van der Waals surface area (Å²) >= 11 is 5.90. The van der Waals surface area contributed by atoms with Crippen molar-refractivity contribution in [2.75, 3.05) is 26.3 Å². The van der Waals surface area contributed by atoms with Crippen LogP contribution in [-0.4, -0.2) is 58.5 Å². The second-order valence-corrected chi connectivity index (χ2v) is 8.55. The zero-order valence-corrected chi connectivity index (χ0v) is 19.5. The monoisotopic (exact) mass is 480 g/mol. The summed E-state index contributed by atoms with van der Waals surface area (Å²) in [5.41, 5.74) is 2.00. The first-order valence-electron chi connectivity index (χ1n) is 11.0. The van der Waals surface area contributed by atoms with Crippen molar-refractivity contribution >= 4 is 28.4 Å². The van der Waals surface area contributed by atoms with E-state index in [1.54, 1.807) is 37.3 Å². The van der Waals surface area contributed by atoms with Crippen molar-refractivity contribution < 1.29 is 14.6 Å². The van der Waals surface area contributed by atoms with Crippen molar-refractivity contribution in [1.82, 2.24) is 20.4 Å². The average molecular weight is 481 g/mol. The van der Waals surface area contributed by atoms with Gasteiger partial charge < -0.3 is 15.2 Å². The quantitative estimate of drug-likeness (QED) is 0.482. The number of aromatic amines is 1. The lowest BCUT2D eigenvalue weighted by molar-refractivity contribution is 0.0342. The lowest BCUT2D eigenvalue weighted by Gasteiger charge is -2.26. The molecule has 3 N–H and O–H groups in total. The first-order valence-corrected chi connectivity index (χ1v) is 11.4. The summed E-state index contributed by atoms with van der Waals surface area (Å²) < 4.78 is 5.41. The number of fused-ring (bicyclic) bond motifs is 1. The Kier molecular flexibility index (Phi) is 7.60. The first-order chi connectivity index (χ1) is 16.4. The highest BCUT2D eigenvalue weighted by Gasteiger charge is 2.18. The van der Waals surface area contributed by atoms with E-state index in [0.717, 1.165) is 24.2 Å². The molecule has 8 nitrogen and oxygen atoms in total. The number of aliphatic hydroxyl groups excluding tert-OH is 1. The number of ether oxygens (including phenoxy) is 1. The third-order valence-electron chi connectivity index (χ3n) is 5.44. The van der Waals surface area contributed by atoms with E-state index in [1.807, 2.05) is 6.07 Å². The highest BCUT2D eigenvalue weighted by atomic mass is 35.5. The van der Waals surface area contributed by atoms with Gasteiger partial charge in [0, 0.05) is 31.2 Å². The van der Waals surface area contributed by atoms with Gasteiger partial charge in [-0.05, 0) is 42.3 Å². The Labute approximate surface area is 201 Å². The fourth-order valence-electron chi connectivity index (χ4n) is 3.70. The van der Waals surface area contributed by atoms with Gasteiger partial charge in [-0.25, -0.2) is 0 Å². The van der Waals surface area contributed by atoms with Crippen molar-refractivity contribution in [1.29, 1.82) is 0 Å². The molecule has 0 unspecified atom stereocenters. The van der Waals surface area contributed by atoms with E-state index in [9.17, 15) is 14.7 Å². The standard InChI is InChI=1S/C25H25ClN4O4/c1-16(31)2-5-19-12-18(15-30-8-10-34-11-9-30)13-21-22(19)28-29-23(24(21)32)25(33)27-14-17-3-6-20(26)7-4-17/h3-4,6-7,12-13,16,31H,8-11,14-15H2,1H3,(H,27,33)(H,28,32)/t16-/m0/s1. The van der Waals surface area contributed by atoms with Gasteiger partial charge in [0.05, 0.1) is 29.7 Å². The third-order valence-corrected chi connectivity index (χ3v) is 5.70. The number of benzene rings is 2. The summed E-state index contributed by atoms with van der Waals surface area (Å²) in [6.07, 6.45) is -0.824. The maximum atomic E-state index is 13.3. The molecule has 1 aliphatic rings. The first kappa shape index (κ1) is 23.9. The van der Waals surface area contributed by atoms with Crippen molar-refractivity contribution in [2.24, 2.45) is 0 Å². The number of carbonyl (C=O) groups excluding carboxylic acids is 1. The number of amides is 1. The molecule has 0 aliphatic carbocycles. The van der Waals surface area contributed by atoms with E-state index < -0.39 is 17.4 Å². The van der Waals surface area contributed by atoms with Crippen LogP contribution in [-0.2, 0) is 17.8 Å². The van der Waals surface area contributed by atoms with Crippen LogP contribution in [0, 0.1) is 11.8 Å². The van der Waals surface area contributed by atoms with Gasteiger partial charge in [-0.2, -0.15) is 5.10 Å². The fraction of sp³-hybridized carbons (Fsp3) is 0.320. The molecule has 0 bridgehead atoms. The zero-order chi connectivity index (χ0) is 24.1. The summed E-state index contributed by atoms with van der Waals surface area (Å²) in [4.78, 5) is 28.2. The highest BCUT2D eigenvalue weighted by molar-refractivity contribution is 6.30. The molecule has 1 amide bonds. The SMILES string of the molecule is C[C@H](O)C#Cc1cc(CN2CCOCC2)cc2c(=O)c(C(=O)NCc3ccc(Cl)cc3)n[nH]c12. The van der Waals surface area contributed by atoms with E-state index in [0.29, 0.717) is 41.2 Å². The van der Waals surface area contributed by atoms with E-state index >= 15 is 0 Å². The molecular formula is C25H25ClN4O4. The number of aromatic nitrogens is 2. The van der Waals surface area contributed by atoms with Crippen molar-refractivity contribution in [3.63, 3.8) is 0 Å². The molecule has 4 rings (SSSR count). The summed E-state index contributed by atoms with van der Waals surface area (Å²) in [6, 6.07) is 10.7. The number of halogens is 1. The second-order valence-electron chi connectivity index (χ2n) is 8.11.